The van der Waals surface area contributed by atoms with Crippen LogP contribution in [0.15, 0.2) is 5.38 Å². The molecule has 0 fully saturated rings. The lowest BCUT2D eigenvalue weighted by Crippen LogP contribution is -2.31. The van der Waals surface area contributed by atoms with Crippen molar-refractivity contribution >= 4 is 23.7 Å². The van der Waals surface area contributed by atoms with Crippen LogP contribution >= 0.6 is 23.7 Å². The van der Waals surface area contributed by atoms with Gasteiger partial charge in [-0.05, 0) is 42.8 Å². The van der Waals surface area contributed by atoms with Gasteiger partial charge >= 0.3 is 6.18 Å². The van der Waals surface area contributed by atoms with Crippen LogP contribution in [-0.4, -0.2) is 13.1 Å². The largest absolute Gasteiger partial charge is 0.425 e. The first-order valence-corrected chi connectivity index (χ1v) is 5.74. The van der Waals surface area contributed by atoms with Crippen molar-refractivity contribution in [1.82, 2.24) is 5.32 Å². The molecule has 1 aromatic rings. The molecule has 0 saturated heterocycles. The van der Waals surface area contributed by atoms with Crippen LogP contribution in [0, 0.1) is 0 Å². The van der Waals surface area contributed by atoms with E-state index in [2.05, 4.69) is 5.32 Å². The number of nitrogens with one attached hydrogen (secondary N) is 1. The summed E-state index contributed by atoms with van der Waals surface area (Å²) in [5, 5.41) is 4.77. The first-order chi connectivity index (χ1) is 7.02. The first kappa shape index (κ1) is 13.8. The maximum Gasteiger partial charge on any atom is 0.425 e. The van der Waals surface area contributed by atoms with Gasteiger partial charge in [-0.2, -0.15) is 13.2 Å². The molecule has 92 valence electrons. The summed E-state index contributed by atoms with van der Waals surface area (Å²) in [6, 6.07) is 0.327. The minimum Gasteiger partial charge on any atom is -0.317 e. The topological polar surface area (TPSA) is 12.0 Å². The molecule has 1 aromatic heterocycles. The van der Waals surface area contributed by atoms with Gasteiger partial charge in [-0.15, -0.1) is 23.7 Å². The van der Waals surface area contributed by atoms with Crippen molar-refractivity contribution in [1.29, 1.82) is 0 Å². The normalized spacial score (nSPS) is 20.1. The van der Waals surface area contributed by atoms with Crippen LogP contribution in [0.25, 0.3) is 0 Å². The van der Waals surface area contributed by atoms with Gasteiger partial charge in [0.25, 0.3) is 0 Å². The molecule has 1 N–H and O–H groups in total. The van der Waals surface area contributed by atoms with E-state index in [4.69, 9.17) is 0 Å². The molecule has 0 radical (unpaired) electrons. The van der Waals surface area contributed by atoms with Crippen molar-refractivity contribution < 1.29 is 13.2 Å². The zero-order valence-electron chi connectivity index (χ0n) is 8.73. The Balaban J connectivity index is 0.00000128. The molecule has 1 heterocycles. The fraction of sp³-hybridized carbons (Fsp3) is 0.600. The number of likely N-dealkylation sites (N-methyl/N-ethyl adjacent to an activating group) is 1. The number of halogens is 4. The van der Waals surface area contributed by atoms with Gasteiger partial charge in [0, 0.05) is 6.04 Å². The van der Waals surface area contributed by atoms with Gasteiger partial charge in [0.05, 0.1) is 0 Å². The second-order valence-corrected chi connectivity index (χ2v) is 4.67. The van der Waals surface area contributed by atoms with Gasteiger partial charge in [0.1, 0.15) is 4.88 Å². The number of alkyl halides is 3. The Kier molecular flexibility index (Phi) is 4.26. The van der Waals surface area contributed by atoms with Crippen molar-refractivity contribution in [3.63, 3.8) is 0 Å². The van der Waals surface area contributed by atoms with Crippen molar-refractivity contribution in [2.45, 2.75) is 31.5 Å². The summed E-state index contributed by atoms with van der Waals surface area (Å²) in [6.45, 7) is 0. The van der Waals surface area contributed by atoms with E-state index in [0.29, 0.717) is 18.0 Å². The Morgan fingerprint density at radius 2 is 2.12 bits per heavy atom. The minimum absolute atomic E-state index is 0. The lowest BCUT2D eigenvalue weighted by atomic mass is 9.90. The molecular formula is C10H13ClF3NS. The molecule has 0 aromatic carbocycles. The molecular weight excluding hydrogens is 259 g/mol. The molecule has 0 aliphatic heterocycles. The third-order valence-corrected chi connectivity index (χ3v) is 3.97. The van der Waals surface area contributed by atoms with Gasteiger partial charge in [0.15, 0.2) is 0 Å². The van der Waals surface area contributed by atoms with Crippen molar-refractivity contribution in [2.24, 2.45) is 0 Å². The highest BCUT2D eigenvalue weighted by Gasteiger charge is 2.37. The lowest BCUT2D eigenvalue weighted by molar-refractivity contribution is -0.135. The van der Waals surface area contributed by atoms with Crippen LogP contribution in [0.4, 0.5) is 13.2 Å². The van der Waals surface area contributed by atoms with E-state index >= 15 is 0 Å². The Morgan fingerprint density at radius 3 is 2.69 bits per heavy atom. The fourth-order valence-corrected chi connectivity index (χ4v) is 3.04. The summed E-state index contributed by atoms with van der Waals surface area (Å²) in [5.74, 6) is 0. The molecule has 1 unspecified atom stereocenters. The number of hydrogen-bond donors (Lipinski definition) is 1. The summed E-state index contributed by atoms with van der Waals surface area (Å²) >= 11 is 0.832. The number of thiophene rings is 1. The molecule has 6 heteroatoms. The summed E-state index contributed by atoms with van der Waals surface area (Å²) < 4.78 is 37.7. The van der Waals surface area contributed by atoms with E-state index in [9.17, 15) is 13.2 Å². The van der Waals surface area contributed by atoms with Crippen molar-refractivity contribution in [2.75, 3.05) is 7.05 Å². The molecule has 1 nitrogen and oxygen atoms in total. The molecule has 1 aliphatic rings. The molecule has 2 rings (SSSR count). The number of hydrogen-bond acceptors (Lipinski definition) is 2. The predicted octanol–water partition coefficient (Wildman–Crippen LogP) is 3.27. The van der Waals surface area contributed by atoms with Crippen molar-refractivity contribution in [3.8, 4) is 0 Å². The van der Waals surface area contributed by atoms with E-state index in [1.54, 1.807) is 5.38 Å². The second kappa shape index (κ2) is 4.94. The molecule has 0 amide bonds. The smallest absolute Gasteiger partial charge is 0.317 e. The Labute approximate surface area is 102 Å². The lowest BCUT2D eigenvalue weighted by Gasteiger charge is -2.22. The van der Waals surface area contributed by atoms with E-state index in [0.717, 1.165) is 29.7 Å². The van der Waals surface area contributed by atoms with Crippen LogP contribution < -0.4 is 5.32 Å². The van der Waals surface area contributed by atoms with E-state index in [-0.39, 0.29) is 12.4 Å². The van der Waals surface area contributed by atoms with Crippen LogP contribution in [0.2, 0.25) is 0 Å². The van der Waals surface area contributed by atoms with Crippen LogP contribution in [0.5, 0.6) is 0 Å². The van der Waals surface area contributed by atoms with Crippen LogP contribution in [0.3, 0.4) is 0 Å². The molecule has 0 saturated carbocycles. The molecule has 1 aliphatic carbocycles. The Hall–Kier alpha value is -0.260. The van der Waals surface area contributed by atoms with E-state index < -0.39 is 11.1 Å². The quantitative estimate of drug-likeness (QED) is 0.827. The SMILES string of the molecule is CNC1CCc2c(csc2C(F)(F)F)C1.Cl. The van der Waals surface area contributed by atoms with Gasteiger partial charge in [-0.1, -0.05) is 0 Å². The summed E-state index contributed by atoms with van der Waals surface area (Å²) in [6.07, 6.45) is -2.12. The standard InChI is InChI=1S/C10H12F3NS.ClH/c1-14-7-2-3-8-6(4-7)5-15-9(8)10(11,12)13;/h5,7,14H,2-4H2,1H3;1H. The third kappa shape index (κ3) is 2.52. The highest BCUT2D eigenvalue weighted by molar-refractivity contribution is 7.10. The zero-order chi connectivity index (χ0) is 11.1. The Morgan fingerprint density at radius 1 is 1.44 bits per heavy atom. The second-order valence-electron chi connectivity index (χ2n) is 3.79. The summed E-state index contributed by atoms with van der Waals surface area (Å²) in [5.41, 5.74) is 1.40. The monoisotopic (exact) mass is 271 g/mol. The molecule has 0 spiro atoms. The van der Waals surface area contributed by atoms with Gasteiger partial charge < -0.3 is 5.32 Å². The predicted molar refractivity (Wildman–Crippen MR) is 61.4 cm³/mol. The van der Waals surface area contributed by atoms with Crippen molar-refractivity contribution in [3.05, 3.63) is 21.4 Å². The average Bonchev–Trinajstić information content (AvgIpc) is 2.59. The minimum atomic E-state index is -4.18. The summed E-state index contributed by atoms with van der Waals surface area (Å²) in [7, 11) is 1.85. The highest BCUT2D eigenvalue weighted by Crippen LogP contribution is 2.40. The van der Waals surface area contributed by atoms with Gasteiger partial charge in [-0.25, -0.2) is 0 Å². The van der Waals surface area contributed by atoms with Crippen LogP contribution in [0.1, 0.15) is 22.4 Å². The Bertz CT molecular complexity index is 361. The number of fused-ring (bicyclic) bond motifs is 1. The van der Waals surface area contributed by atoms with E-state index in [1.807, 2.05) is 7.05 Å². The molecule has 16 heavy (non-hydrogen) atoms. The zero-order valence-corrected chi connectivity index (χ0v) is 10.4. The van der Waals surface area contributed by atoms with Crippen LogP contribution in [-0.2, 0) is 19.0 Å². The third-order valence-electron chi connectivity index (χ3n) is 2.86. The highest BCUT2D eigenvalue weighted by atomic mass is 35.5. The maximum atomic E-state index is 12.6. The van der Waals surface area contributed by atoms with E-state index in [1.165, 1.54) is 0 Å². The van der Waals surface area contributed by atoms with Gasteiger partial charge in [0.2, 0.25) is 0 Å². The molecule has 0 bridgehead atoms. The van der Waals surface area contributed by atoms with Gasteiger partial charge in [-0.3, -0.25) is 0 Å². The average molecular weight is 272 g/mol. The maximum absolute atomic E-state index is 12.6. The number of rotatable bonds is 1. The fourth-order valence-electron chi connectivity index (χ4n) is 2.03. The first-order valence-electron chi connectivity index (χ1n) is 4.86. The summed E-state index contributed by atoms with van der Waals surface area (Å²) in [4.78, 5) is -0.396. The molecule has 1 atom stereocenters.